The van der Waals surface area contributed by atoms with Crippen LogP contribution in [0.2, 0.25) is 0 Å². The molecule has 0 saturated carbocycles. The zero-order chi connectivity index (χ0) is 12.1. The Hall–Kier alpha value is 2.12. The predicted molar refractivity (Wildman–Crippen MR) is 62.4 cm³/mol. The summed E-state index contributed by atoms with van der Waals surface area (Å²) in [4.78, 5) is 11.8. The summed E-state index contributed by atoms with van der Waals surface area (Å²) in [5.41, 5.74) is 0. The Morgan fingerprint density at radius 1 is 1.44 bits per heavy atom. The largest absolute Gasteiger partial charge is 1.00 e. The molecular formula is C7H17KNO4PS2. The molecule has 0 aliphatic heterocycles. The second kappa shape index (κ2) is 9.09. The number of rotatable bonds is 7. The quantitative estimate of drug-likeness (QED) is 0.390. The van der Waals surface area contributed by atoms with Gasteiger partial charge in [0.25, 0.3) is 0 Å². The first kappa shape index (κ1) is 20.4. The van der Waals surface area contributed by atoms with Gasteiger partial charge in [-0.3, -0.25) is 0 Å². The summed E-state index contributed by atoms with van der Waals surface area (Å²) in [6.07, 6.45) is 2.40. The van der Waals surface area contributed by atoms with Crippen molar-refractivity contribution in [2.45, 2.75) is 26.7 Å². The smallest absolute Gasteiger partial charge is 0.789 e. The maximum Gasteiger partial charge on any atom is 1.00 e. The normalized spacial score (nSPS) is 15.6. The van der Waals surface area contributed by atoms with E-state index in [9.17, 15) is 13.3 Å². The molecular weight excluding hydrogens is 296 g/mol. The Bertz CT molecular complexity index is 335. The van der Waals surface area contributed by atoms with Gasteiger partial charge in [-0.15, -0.1) is 0 Å². The number of hydrogen-bond acceptors (Lipinski definition) is 5. The van der Waals surface area contributed by atoms with E-state index in [1.165, 1.54) is 0 Å². The molecule has 5 nitrogen and oxygen atoms in total. The van der Waals surface area contributed by atoms with Crippen LogP contribution in [-0.4, -0.2) is 31.9 Å². The van der Waals surface area contributed by atoms with Crippen LogP contribution in [0.25, 0.3) is 0 Å². The minimum absolute atomic E-state index is 0. The van der Waals surface area contributed by atoms with E-state index in [0.29, 0.717) is 6.42 Å². The topological polar surface area (TPSA) is 69.7 Å². The van der Waals surface area contributed by atoms with Gasteiger partial charge in [0.1, 0.15) is 0 Å². The third-order valence-corrected chi connectivity index (χ3v) is 6.68. The first-order chi connectivity index (χ1) is 6.75. The maximum absolute atomic E-state index is 11.8. The van der Waals surface area contributed by atoms with Crippen LogP contribution in [-0.2, 0) is 26.4 Å². The van der Waals surface area contributed by atoms with E-state index in [1.807, 2.05) is 6.92 Å². The van der Waals surface area contributed by atoms with E-state index in [1.54, 1.807) is 6.92 Å². The van der Waals surface area contributed by atoms with Crippen molar-refractivity contribution in [3.8, 4) is 0 Å². The van der Waals surface area contributed by atoms with Crippen molar-refractivity contribution >= 4 is 28.5 Å². The molecule has 1 unspecified atom stereocenters. The van der Waals surface area contributed by atoms with Gasteiger partial charge in [-0.2, -0.15) is 4.08 Å². The van der Waals surface area contributed by atoms with Crippen LogP contribution in [0.4, 0.5) is 0 Å². The van der Waals surface area contributed by atoms with Crippen molar-refractivity contribution in [2.75, 3.05) is 19.4 Å². The average Bonchev–Trinajstić information content (AvgIpc) is 2.01. The second-order valence-electron chi connectivity index (χ2n) is 3.05. The van der Waals surface area contributed by atoms with Crippen molar-refractivity contribution in [3.05, 3.63) is 0 Å². The van der Waals surface area contributed by atoms with Gasteiger partial charge in [-0.05, 0) is 13.3 Å². The van der Waals surface area contributed by atoms with E-state index < -0.39 is 16.7 Å². The van der Waals surface area contributed by atoms with E-state index in [-0.39, 0.29) is 64.5 Å². The fourth-order valence-electron chi connectivity index (χ4n) is 0.991. The number of nitrogens with zero attached hydrogens (tertiary/aromatic N) is 1. The van der Waals surface area contributed by atoms with E-state index in [4.69, 9.17) is 16.3 Å². The van der Waals surface area contributed by atoms with E-state index in [0.717, 1.165) is 16.8 Å². The summed E-state index contributed by atoms with van der Waals surface area (Å²) in [6, 6.07) is 0. The summed E-state index contributed by atoms with van der Waals surface area (Å²) in [5.74, 6) is 0. The summed E-state index contributed by atoms with van der Waals surface area (Å²) >= 11 is 4.71. The summed E-state index contributed by atoms with van der Waals surface area (Å²) in [7, 11) is -3.58. The van der Waals surface area contributed by atoms with Gasteiger partial charge < -0.3 is 9.42 Å². The molecule has 0 aromatic carbocycles. The zero-order valence-corrected chi connectivity index (χ0v) is 15.8. The van der Waals surface area contributed by atoms with Crippen LogP contribution in [0.3, 0.4) is 0 Å². The van der Waals surface area contributed by atoms with Crippen LogP contribution >= 0.6 is 6.64 Å². The molecule has 0 saturated heterocycles. The third kappa shape index (κ3) is 7.53. The Morgan fingerprint density at radius 2 is 1.94 bits per heavy atom. The SMILES string of the molecule is CCCCN(P([O-])(=S)OCC)S(C)(=O)=O.[K+]. The van der Waals surface area contributed by atoms with Gasteiger partial charge in [-0.25, -0.2) is 8.42 Å². The van der Waals surface area contributed by atoms with Crippen LogP contribution in [0.5, 0.6) is 0 Å². The Balaban J connectivity index is 0. The molecule has 0 fully saturated rings. The fourth-order valence-corrected chi connectivity index (χ4v) is 5.54. The summed E-state index contributed by atoms with van der Waals surface area (Å²) < 4.78 is 28.4. The van der Waals surface area contributed by atoms with Gasteiger partial charge in [-0.1, -0.05) is 25.2 Å². The Kier molecular flexibility index (Phi) is 11.6. The minimum atomic E-state index is -3.63. The molecule has 0 aromatic heterocycles. The summed E-state index contributed by atoms with van der Waals surface area (Å²) in [5, 5.41) is 0. The fraction of sp³-hybridized carbons (Fsp3) is 1.00. The van der Waals surface area contributed by atoms with Crippen molar-refractivity contribution in [2.24, 2.45) is 0 Å². The first-order valence-corrected chi connectivity index (χ1v) is 9.13. The molecule has 0 aliphatic carbocycles. The molecule has 1 atom stereocenters. The maximum atomic E-state index is 11.8. The minimum Gasteiger partial charge on any atom is -0.789 e. The van der Waals surface area contributed by atoms with E-state index >= 15 is 0 Å². The molecule has 0 aliphatic rings. The van der Waals surface area contributed by atoms with Gasteiger partial charge in [0.05, 0.1) is 12.9 Å². The molecule has 0 N–H and O–H groups in total. The van der Waals surface area contributed by atoms with Crippen LogP contribution in [0, 0.1) is 0 Å². The molecule has 0 bridgehead atoms. The predicted octanol–water partition coefficient (Wildman–Crippen LogP) is -2.33. The average molecular weight is 313 g/mol. The monoisotopic (exact) mass is 313 g/mol. The van der Waals surface area contributed by atoms with Crippen LogP contribution in [0.1, 0.15) is 26.7 Å². The number of hydrogen-bond donors (Lipinski definition) is 0. The Morgan fingerprint density at radius 3 is 2.25 bits per heavy atom. The molecule has 0 rings (SSSR count). The molecule has 16 heavy (non-hydrogen) atoms. The van der Waals surface area contributed by atoms with Crippen molar-refractivity contribution < 1.29 is 69.2 Å². The van der Waals surface area contributed by atoms with Gasteiger partial charge in [0, 0.05) is 13.2 Å². The molecule has 0 spiro atoms. The van der Waals surface area contributed by atoms with Gasteiger partial charge in [0.15, 0.2) is 0 Å². The van der Waals surface area contributed by atoms with E-state index in [2.05, 4.69) is 0 Å². The molecule has 92 valence electrons. The van der Waals surface area contributed by atoms with Crippen LogP contribution in [0.15, 0.2) is 0 Å². The van der Waals surface area contributed by atoms with Crippen molar-refractivity contribution in [3.63, 3.8) is 0 Å². The van der Waals surface area contributed by atoms with Gasteiger partial charge in [0.2, 0.25) is 10.0 Å². The third-order valence-electron chi connectivity index (χ3n) is 1.65. The standard InChI is InChI=1S/C7H18NO4PS2.K/c1-4-6-7-8(15(3,10)11)13(9,14)12-5-2;/h4-7H2,1-3H3,(H,9,14);/q;+1/p-1. The van der Waals surface area contributed by atoms with Gasteiger partial charge >= 0.3 is 51.4 Å². The van der Waals surface area contributed by atoms with Crippen molar-refractivity contribution in [1.29, 1.82) is 0 Å². The molecule has 0 aromatic rings. The van der Waals surface area contributed by atoms with Crippen molar-refractivity contribution in [1.82, 2.24) is 4.08 Å². The molecule has 0 radical (unpaired) electrons. The number of sulfonamides is 1. The van der Waals surface area contributed by atoms with Crippen LogP contribution < -0.4 is 56.3 Å². The summed E-state index contributed by atoms with van der Waals surface area (Å²) in [6.45, 7) is 0.198. The molecule has 9 heteroatoms. The molecule has 0 heterocycles. The zero-order valence-electron chi connectivity index (χ0n) is 10.2. The second-order valence-corrected chi connectivity index (χ2v) is 8.29. The Labute approximate surface area is 146 Å². The number of unbranched alkanes of at least 4 members (excludes halogenated alkanes) is 1. The first-order valence-electron chi connectivity index (χ1n) is 4.69. The molecule has 0 amide bonds.